The summed E-state index contributed by atoms with van der Waals surface area (Å²) < 4.78 is 7.98. The third-order valence-electron chi connectivity index (χ3n) is 3.68. The van der Waals surface area contributed by atoms with Gasteiger partial charge < -0.3 is 9.64 Å². The molecule has 2 aliphatic heterocycles. The van der Waals surface area contributed by atoms with Gasteiger partial charge in [-0.2, -0.15) is 0 Å². The van der Waals surface area contributed by atoms with Crippen molar-refractivity contribution in [2.75, 3.05) is 30.9 Å². The van der Waals surface area contributed by atoms with E-state index in [2.05, 4.69) is 25.9 Å². The number of nitrogens with zero attached hydrogens (tertiary/aromatic N) is 4. The lowest BCUT2D eigenvalue weighted by atomic mass is 10.2. The van der Waals surface area contributed by atoms with Crippen molar-refractivity contribution in [2.45, 2.75) is 43.5 Å². The van der Waals surface area contributed by atoms with Gasteiger partial charge >= 0.3 is 0 Å². The smallest absolute Gasteiger partial charge is 0.228 e. The van der Waals surface area contributed by atoms with Crippen LogP contribution in [0.3, 0.4) is 0 Å². The molecular weight excluding hydrogens is 248 g/mol. The molecule has 0 unspecified atom stereocenters. The summed E-state index contributed by atoms with van der Waals surface area (Å²) in [5.74, 6) is 1.03. The average molecular weight is 268 g/mol. The van der Waals surface area contributed by atoms with Crippen molar-refractivity contribution in [3.8, 4) is 0 Å². The second kappa shape index (κ2) is 5.48. The first-order valence-electron chi connectivity index (χ1n) is 6.72. The molecule has 0 amide bonds. The van der Waals surface area contributed by atoms with Crippen molar-refractivity contribution in [2.24, 2.45) is 0 Å². The van der Waals surface area contributed by atoms with Gasteiger partial charge in [0, 0.05) is 19.7 Å². The molecule has 1 aromatic rings. The highest BCUT2D eigenvalue weighted by atomic mass is 32.2. The molecule has 0 bridgehead atoms. The van der Waals surface area contributed by atoms with E-state index in [9.17, 15) is 0 Å². The van der Waals surface area contributed by atoms with Crippen LogP contribution < -0.4 is 4.90 Å². The van der Waals surface area contributed by atoms with Crippen LogP contribution in [0.4, 0.5) is 5.95 Å². The average Bonchev–Trinajstić information content (AvgIpc) is 3.10. The van der Waals surface area contributed by atoms with Crippen molar-refractivity contribution in [3.63, 3.8) is 0 Å². The summed E-state index contributed by atoms with van der Waals surface area (Å²) in [6.45, 7) is 4.02. The van der Waals surface area contributed by atoms with Crippen molar-refractivity contribution >= 4 is 17.7 Å². The highest BCUT2D eigenvalue weighted by molar-refractivity contribution is 7.98. The van der Waals surface area contributed by atoms with Crippen LogP contribution in [0, 0.1) is 0 Å². The van der Waals surface area contributed by atoms with Gasteiger partial charge in [0.15, 0.2) is 5.16 Å². The Kier molecular flexibility index (Phi) is 3.75. The van der Waals surface area contributed by atoms with Gasteiger partial charge in [-0.05, 0) is 31.9 Å². The summed E-state index contributed by atoms with van der Waals surface area (Å²) in [6.07, 6.45) is 7.27. The van der Waals surface area contributed by atoms with Crippen LogP contribution in [0.25, 0.3) is 0 Å². The molecule has 2 saturated heterocycles. The molecule has 1 aromatic heterocycles. The number of ether oxygens (including phenoxy) is 1. The highest BCUT2D eigenvalue weighted by Crippen LogP contribution is 2.25. The molecule has 6 heteroatoms. The lowest BCUT2D eigenvalue weighted by molar-refractivity contribution is 0.0952. The predicted octanol–water partition coefficient (Wildman–Crippen LogP) is 1.78. The molecule has 0 aliphatic carbocycles. The topological polar surface area (TPSA) is 43.2 Å². The van der Waals surface area contributed by atoms with E-state index in [0.717, 1.165) is 43.8 Å². The fourth-order valence-corrected chi connectivity index (χ4v) is 3.23. The molecule has 3 heterocycles. The Labute approximate surface area is 112 Å². The Balaban J connectivity index is 1.81. The quantitative estimate of drug-likeness (QED) is 0.779. The molecule has 3 rings (SSSR count). The van der Waals surface area contributed by atoms with E-state index in [1.165, 1.54) is 19.3 Å². The van der Waals surface area contributed by atoms with Crippen LogP contribution in [0.15, 0.2) is 5.16 Å². The van der Waals surface area contributed by atoms with Gasteiger partial charge in [0.2, 0.25) is 5.95 Å². The maximum atomic E-state index is 5.74. The number of hydrogen-bond donors (Lipinski definition) is 0. The Hall–Kier alpha value is -0.750. The van der Waals surface area contributed by atoms with Gasteiger partial charge in [-0.3, -0.25) is 4.57 Å². The summed E-state index contributed by atoms with van der Waals surface area (Å²) in [5, 5.41) is 9.68. The lowest BCUT2D eigenvalue weighted by Gasteiger charge is -2.20. The van der Waals surface area contributed by atoms with E-state index in [4.69, 9.17) is 4.74 Å². The number of thioether (sulfide) groups is 1. The van der Waals surface area contributed by atoms with E-state index in [-0.39, 0.29) is 0 Å². The number of anilines is 1. The zero-order valence-corrected chi connectivity index (χ0v) is 11.7. The minimum absolute atomic E-state index is 0.341. The maximum Gasteiger partial charge on any atom is 0.228 e. The van der Waals surface area contributed by atoms with Crippen molar-refractivity contribution in [3.05, 3.63) is 0 Å². The maximum absolute atomic E-state index is 5.74. The Bertz CT molecular complexity index is 397. The van der Waals surface area contributed by atoms with E-state index in [1.54, 1.807) is 11.8 Å². The summed E-state index contributed by atoms with van der Waals surface area (Å²) in [4.78, 5) is 2.35. The molecule has 2 aliphatic rings. The fraction of sp³-hybridized carbons (Fsp3) is 0.833. The molecule has 0 spiro atoms. The molecule has 18 heavy (non-hydrogen) atoms. The van der Waals surface area contributed by atoms with Crippen LogP contribution in [0.1, 0.15) is 25.7 Å². The molecule has 1 atom stereocenters. The molecule has 2 fully saturated rings. The zero-order chi connectivity index (χ0) is 12.4. The SMILES string of the molecule is CSc1nnc(N2CCCC2)n1C[C@H]1CCCO1. The summed E-state index contributed by atoms with van der Waals surface area (Å²) in [7, 11) is 0. The third-order valence-corrected chi connectivity index (χ3v) is 4.35. The predicted molar refractivity (Wildman–Crippen MR) is 72.2 cm³/mol. The van der Waals surface area contributed by atoms with E-state index >= 15 is 0 Å². The molecule has 5 nitrogen and oxygen atoms in total. The van der Waals surface area contributed by atoms with Crippen LogP contribution in [0.2, 0.25) is 0 Å². The van der Waals surface area contributed by atoms with Crippen molar-refractivity contribution in [1.82, 2.24) is 14.8 Å². The number of aromatic nitrogens is 3. The molecule has 0 aromatic carbocycles. The Morgan fingerprint density at radius 1 is 1.28 bits per heavy atom. The van der Waals surface area contributed by atoms with E-state index in [1.807, 2.05) is 0 Å². The molecular formula is C12H20N4OS. The monoisotopic (exact) mass is 268 g/mol. The molecule has 0 N–H and O–H groups in total. The first-order valence-corrected chi connectivity index (χ1v) is 7.94. The van der Waals surface area contributed by atoms with E-state index in [0.29, 0.717) is 6.10 Å². The minimum atomic E-state index is 0.341. The van der Waals surface area contributed by atoms with Gasteiger partial charge in [0.1, 0.15) is 0 Å². The van der Waals surface area contributed by atoms with Gasteiger partial charge in [-0.1, -0.05) is 11.8 Å². The van der Waals surface area contributed by atoms with Crippen LogP contribution in [0.5, 0.6) is 0 Å². The van der Waals surface area contributed by atoms with Crippen LogP contribution in [-0.2, 0) is 11.3 Å². The van der Waals surface area contributed by atoms with Gasteiger partial charge in [0.05, 0.1) is 12.6 Å². The Morgan fingerprint density at radius 2 is 2.11 bits per heavy atom. The number of hydrogen-bond acceptors (Lipinski definition) is 5. The van der Waals surface area contributed by atoms with Crippen molar-refractivity contribution in [1.29, 1.82) is 0 Å². The Morgan fingerprint density at radius 3 is 2.78 bits per heavy atom. The normalized spacial score (nSPS) is 24.1. The van der Waals surface area contributed by atoms with Gasteiger partial charge in [0.25, 0.3) is 0 Å². The highest BCUT2D eigenvalue weighted by Gasteiger charge is 2.24. The van der Waals surface area contributed by atoms with E-state index < -0.39 is 0 Å². The second-order valence-corrected chi connectivity index (χ2v) is 5.70. The summed E-state index contributed by atoms with van der Waals surface area (Å²) >= 11 is 1.67. The summed E-state index contributed by atoms with van der Waals surface area (Å²) in [5.41, 5.74) is 0. The molecule has 0 saturated carbocycles. The first-order chi connectivity index (χ1) is 8.88. The zero-order valence-electron chi connectivity index (χ0n) is 10.8. The van der Waals surface area contributed by atoms with Crippen LogP contribution >= 0.6 is 11.8 Å². The summed E-state index contributed by atoms with van der Waals surface area (Å²) in [6, 6.07) is 0. The van der Waals surface area contributed by atoms with Crippen LogP contribution in [-0.4, -0.2) is 46.8 Å². The van der Waals surface area contributed by atoms with Gasteiger partial charge in [-0.25, -0.2) is 0 Å². The first kappa shape index (κ1) is 12.3. The minimum Gasteiger partial charge on any atom is -0.376 e. The molecule has 100 valence electrons. The lowest BCUT2D eigenvalue weighted by Crippen LogP contribution is -2.25. The van der Waals surface area contributed by atoms with Crippen molar-refractivity contribution < 1.29 is 4.74 Å². The molecule has 0 radical (unpaired) electrons. The number of rotatable bonds is 4. The second-order valence-electron chi connectivity index (χ2n) is 4.93. The largest absolute Gasteiger partial charge is 0.376 e. The fourth-order valence-electron chi connectivity index (χ4n) is 2.73. The van der Waals surface area contributed by atoms with Gasteiger partial charge in [-0.15, -0.1) is 10.2 Å². The third kappa shape index (κ3) is 2.36. The standard InChI is InChI=1S/C12H20N4OS/c1-18-12-14-13-11(15-6-2-3-7-15)16(12)9-10-5-4-8-17-10/h10H,2-9H2,1H3/t10-/m1/s1.